The summed E-state index contributed by atoms with van der Waals surface area (Å²) >= 11 is 0.276. The van der Waals surface area contributed by atoms with Crippen molar-refractivity contribution in [3.8, 4) is 36.9 Å². The van der Waals surface area contributed by atoms with Crippen LogP contribution in [0.2, 0.25) is 0 Å². The first-order chi connectivity index (χ1) is 14.8. The van der Waals surface area contributed by atoms with Crippen molar-refractivity contribution in [2.75, 3.05) is 7.11 Å². The van der Waals surface area contributed by atoms with Gasteiger partial charge in [-0.3, -0.25) is 0 Å². The third kappa shape index (κ3) is 7.09. The van der Waals surface area contributed by atoms with E-state index in [9.17, 15) is 17.3 Å². The first-order valence-corrected chi connectivity index (χ1v) is 11.2. The molecule has 1 heterocycles. The molecule has 0 aliphatic rings. The van der Waals surface area contributed by atoms with Crippen LogP contribution in [0.15, 0.2) is 97.1 Å². The molecule has 0 aliphatic heterocycles. The van der Waals surface area contributed by atoms with Crippen LogP contribution in [-0.2, 0) is 0 Å². The van der Waals surface area contributed by atoms with Gasteiger partial charge in [0.1, 0.15) is 0 Å². The maximum absolute atomic E-state index is 9.75. The Hall–Kier alpha value is -2.89. The van der Waals surface area contributed by atoms with Crippen molar-refractivity contribution in [3.63, 3.8) is 0 Å². The van der Waals surface area contributed by atoms with E-state index in [0.717, 1.165) is 5.75 Å². The van der Waals surface area contributed by atoms with Crippen LogP contribution in [0.5, 0.6) is 5.75 Å². The summed E-state index contributed by atoms with van der Waals surface area (Å²) in [6.07, 6.45) is 0. The number of benzene rings is 3. The van der Waals surface area contributed by atoms with E-state index < -0.39 is 7.25 Å². The topological polar surface area (TPSA) is 9.23 Å². The molecule has 7 heteroatoms. The molecule has 3 aromatic carbocycles. The van der Waals surface area contributed by atoms with Crippen LogP contribution >= 0.6 is 0 Å². The Balaban J connectivity index is 0.000000491. The Morgan fingerprint density at radius 2 is 1.00 bits per heavy atom. The van der Waals surface area contributed by atoms with Crippen LogP contribution in [-0.4, -0.2) is 28.9 Å². The van der Waals surface area contributed by atoms with Crippen LogP contribution in [0.25, 0.3) is 31.1 Å². The Bertz CT molecular complexity index is 1040. The molecule has 0 radical (unpaired) electrons. The van der Waals surface area contributed by atoms with Gasteiger partial charge in [0.2, 0.25) is 0 Å². The molecule has 31 heavy (non-hydrogen) atoms. The van der Waals surface area contributed by atoms with Gasteiger partial charge in [0.25, 0.3) is 0 Å². The average molecular weight is 489 g/mol. The first kappa shape index (κ1) is 22.8. The molecule has 0 N–H and O–H groups in total. The van der Waals surface area contributed by atoms with Crippen molar-refractivity contribution < 1.29 is 22.0 Å². The fourth-order valence-corrected chi connectivity index (χ4v) is 5.28. The second kappa shape index (κ2) is 10.4. The monoisotopic (exact) mass is 490 g/mol. The van der Waals surface area contributed by atoms with E-state index in [-0.39, 0.29) is 14.5 Å². The molecule has 4 aromatic rings. The molecule has 1 nitrogen and oxygen atoms in total. The molecular formula is C24H19BF4OSe. The number of hydrogen-bond acceptors (Lipinski definition) is 1. The van der Waals surface area contributed by atoms with Crippen molar-refractivity contribution in [1.82, 2.24) is 0 Å². The van der Waals surface area contributed by atoms with E-state index in [1.807, 2.05) is 12.1 Å². The van der Waals surface area contributed by atoms with Crippen molar-refractivity contribution in [1.29, 1.82) is 0 Å². The largest absolute Gasteiger partial charge is 0.673 e. The molecule has 0 amide bonds. The van der Waals surface area contributed by atoms with Gasteiger partial charge in [-0.2, -0.15) is 0 Å². The minimum atomic E-state index is -6.00. The Labute approximate surface area is 184 Å². The molecule has 0 atom stereocenters. The van der Waals surface area contributed by atoms with E-state index >= 15 is 0 Å². The normalized spacial score (nSPS) is 10.7. The smallest absolute Gasteiger partial charge is 0.418 e. The maximum Gasteiger partial charge on any atom is 0.673 e. The van der Waals surface area contributed by atoms with Crippen LogP contribution in [0.1, 0.15) is 0 Å². The Morgan fingerprint density at radius 3 is 1.39 bits per heavy atom. The predicted molar refractivity (Wildman–Crippen MR) is 121 cm³/mol. The zero-order valence-electron chi connectivity index (χ0n) is 16.6. The summed E-state index contributed by atoms with van der Waals surface area (Å²) in [7, 11) is -4.30. The summed E-state index contributed by atoms with van der Waals surface area (Å²) in [4.78, 5) is 0. The zero-order valence-corrected chi connectivity index (χ0v) is 18.4. The second-order valence-electron chi connectivity index (χ2n) is 6.53. The van der Waals surface area contributed by atoms with Crippen molar-refractivity contribution in [2.24, 2.45) is 0 Å². The van der Waals surface area contributed by atoms with E-state index in [2.05, 4.69) is 84.9 Å². The summed E-state index contributed by atoms with van der Waals surface area (Å²) in [5.74, 6) is 0.883. The number of methoxy groups -OCH3 is 1. The molecule has 1 aromatic heterocycles. The summed E-state index contributed by atoms with van der Waals surface area (Å²) in [6.45, 7) is 0. The summed E-state index contributed by atoms with van der Waals surface area (Å²) in [5.41, 5.74) is 5.07. The minimum absolute atomic E-state index is 0.276. The first-order valence-electron chi connectivity index (χ1n) is 9.44. The Morgan fingerprint density at radius 1 is 0.581 bits per heavy atom. The molecule has 0 saturated heterocycles. The van der Waals surface area contributed by atoms with E-state index in [4.69, 9.17) is 4.74 Å². The number of hydrogen-bond donors (Lipinski definition) is 0. The van der Waals surface area contributed by atoms with Gasteiger partial charge in [0.05, 0.1) is 0 Å². The van der Waals surface area contributed by atoms with E-state index in [1.165, 1.54) is 31.1 Å². The van der Waals surface area contributed by atoms with Crippen LogP contribution in [0.3, 0.4) is 0 Å². The maximum atomic E-state index is 9.75. The van der Waals surface area contributed by atoms with Crippen molar-refractivity contribution in [2.45, 2.75) is 0 Å². The van der Waals surface area contributed by atoms with Gasteiger partial charge in [-0.1, -0.05) is 0 Å². The second-order valence-corrected chi connectivity index (χ2v) is 8.80. The quantitative estimate of drug-likeness (QED) is 0.216. The van der Waals surface area contributed by atoms with Crippen molar-refractivity contribution >= 4 is 21.8 Å². The van der Waals surface area contributed by atoms with Crippen LogP contribution in [0.4, 0.5) is 17.3 Å². The summed E-state index contributed by atoms with van der Waals surface area (Å²) in [6, 6.07) is 34.4. The van der Waals surface area contributed by atoms with E-state index in [1.54, 1.807) is 7.11 Å². The molecule has 158 valence electrons. The minimum Gasteiger partial charge on any atom is -0.418 e. The molecule has 0 spiro atoms. The molecule has 0 aliphatic carbocycles. The predicted octanol–water partition coefficient (Wildman–Crippen LogP) is 7.33. The molecule has 0 saturated carbocycles. The summed E-state index contributed by atoms with van der Waals surface area (Å²) < 4.78 is 47.1. The molecule has 0 bridgehead atoms. The SMILES string of the molecule is COc1ccc(-c2cc(-c3ccccc3)[se+]c(-c3ccccc3)c2)cc1.F[B-](F)(F)F. The van der Waals surface area contributed by atoms with Gasteiger partial charge in [-0.25, -0.2) is 0 Å². The van der Waals surface area contributed by atoms with Gasteiger partial charge >= 0.3 is 168 Å². The molecule has 0 unspecified atom stereocenters. The van der Waals surface area contributed by atoms with Gasteiger partial charge in [0.15, 0.2) is 0 Å². The van der Waals surface area contributed by atoms with Gasteiger partial charge in [0, 0.05) is 0 Å². The Kier molecular flexibility index (Phi) is 7.67. The fraction of sp³-hybridized carbons (Fsp3) is 0.0417. The molecular weight excluding hydrogens is 470 g/mol. The van der Waals surface area contributed by atoms with E-state index in [0.29, 0.717) is 0 Å². The molecule has 4 rings (SSSR count). The van der Waals surface area contributed by atoms with Crippen LogP contribution < -0.4 is 4.74 Å². The van der Waals surface area contributed by atoms with Crippen molar-refractivity contribution in [3.05, 3.63) is 97.1 Å². The van der Waals surface area contributed by atoms with Gasteiger partial charge in [-0.15, -0.1) is 0 Å². The van der Waals surface area contributed by atoms with Crippen LogP contribution in [0, 0.1) is 0 Å². The molecule has 0 fully saturated rings. The third-order valence-corrected chi connectivity index (χ3v) is 6.74. The summed E-state index contributed by atoms with van der Waals surface area (Å²) in [5, 5.41) is 0. The number of rotatable bonds is 4. The third-order valence-electron chi connectivity index (χ3n) is 4.33. The van der Waals surface area contributed by atoms with Gasteiger partial charge in [-0.05, 0) is 0 Å². The van der Waals surface area contributed by atoms with Gasteiger partial charge < -0.3 is 17.3 Å². The zero-order chi connectivity index (χ0) is 22.3. The number of ether oxygens (including phenoxy) is 1. The fourth-order valence-electron chi connectivity index (χ4n) is 2.94. The average Bonchev–Trinajstić information content (AvgIpc) is 2.79. The standard InChI is InChI=1S/C24H19OSe.BF4/c1-25-22-14-12-18(13-15-22)21-16-23(19-8-4-2-5-9-19)26-24(17-21)20-10-6-3-7-11-20;2-1(3,4)5/h2-17H,1H3;/q+1;-1. The number of halogens is 4.